The van der Waals surface area contributed by atoms with Crippen molar-refractivity contribution in [3.63, 3.8) is 0 Å². The van der Waals surface area contributed by atoms with E-state index >= 15 is 0 Å². The molecule has 7 heteroatoms. The van der Waals surface area contributed by atoms with Crippen LogP contribution in [0.15, 0.2) is 36.7 Å². The van der Waals surface area contributed by atoms with Gasteiger partial charge in [-0.15, -0.1) is 5.10 Å². The molecule has 7 nitrogen and oxygen atoms in total. The van der Waals surface area contributed by atoms with Crippen molar-refractivity contribution in [3.05, 3.63) is 48.0 Å². The Balaban J connectivity index is 1.99. The van der Waals surface area contributed by atoms with Crippen LogP contribution in [-0.2, 0) is 0 Å². The zero-order valence-electron chi connectivity index (χ0n) is 14.0. The lowest BCUT2D eigenvalue weighted by molar-refractivity contribution is 0.0790. The maximum Gasteiger partial charge on any atom is 0.276 e. The predicted octanol–water partition coefficient (Wildman–Crippen LogP) is 1.42. The lowest BCUT2D eigenvalue weighted by Crippen LogP contribution is -2.33. The molecule has 24 heavy (non-hydrogen) atoms. The van der Waals surface area contributed by atoms with E-state index in [0.717, 1.165) is 28.7 Å². The number of nitrogens with one attached hydrogen (secondary N) is 1. The van der Waals surface area contributed by atoms with Crippen LogP contribution in [0, 0.1) is 6.92 Å². The van der Waals surface area contributed by atoms with Gasteiger partial charge in [0.25, 0.3) is 5.91 Å². The summed E-state index contributed by atoms with van der Waals surface area (Å²) >= 11 is 0. The van der Waals surface area contributed by atoms with Crippen molar-refractivity contribution in [3.8, 4) is 5.69 Å². The standard InChI is InChI=1S/C17H20N6O/c1-12-16(17(24)22(3)10-9-18-2)20-21-23(12)15-6-4-5-13-11-19-8-7-14(13)15/h4-8,11,18H,9-10H2,1-3H3. The van der Waals surface area contributed by atoms with Crippen molar-refractivity contribution in [1.82, 2.24) is 30.2 Å². The lowest BCUT2D eigenvalue weighted by Gasteiger charge is -2.15. The highest BCUT2D eigenvalue weighted by molar-refractivity contribution is 5.94. The van der Waals surface area contributed by atoms with Gasteiger partial charge >= 0.3 is 0 Å². The number of hydrogen-bond acceptors (Lipinski definition) is 5. The van der Waals surface area contributed by atoms with E-state index < -0.39 is 0 Å². The Morgan fingerprint density at radius 2 is 2.17 bits per heavy atom. The molecule has 1 amide bonds. The number of hydrogen-bond donors (Lipinski definition) is 1. The third kappa shape index (κ3) is 2.85. The summed E-state index contributed by atoms with van der Waals surface area (Å²) in [5.74, 6) is -0.129. The average molecular weight is 324 g/mol. The highest BCUT2D eigenvalue weighted by Crippen LogP contribution is 2.22. The van der Waals surface area contributed by atoms with Crippen LogP contribution in [0.2, 0.25) is 0 Å². The Bertz CT molecular complexity index is 867. The molecule has 0 radical (unpaired) electrons. The van der Waals surface area contributed by atoms with Crippen molar-refractivity contribution in [1.29, 1.82) is 0 Å². The molecule has 0 unspecified atom stereocenters. The molecular formula is C17H20N6O. The van der Waals surface area contributed by atoms with E-state index in [2.05, 4.69) is 20.6 Å². The molecule has 0 saturated carbocycles. The maximum atomic E-state index is 12.6. The minimum absolute atomic E-state index is 0.129. The number of aromatic nitrogens is 4. The number of likely N-dealkylation sites (N-methyl/N-ethyl adjacent to an activating group) is 2. The van der Waals surface area contributed by atoms with Crippen LogP contribution < -0.4 is 5.32 Å². The van der Waals surface area contributed by atoms with Gasteiger partial charge in [-0.25, -0.2) is 4.68 Å². The summed E-state index contributed by atoms with van der Waals surface area (Å²) in [6, 6.07) is 7.84. The molecule has 1 aromatic carbocycles. The highest BCUT2D eigenvalue weighted by atomic mass is 16.2. The van der Waals surface area contributed by atoms with E-state index in [-0.39, 0.29) is 5.91 Å². The molecule has 3 aromatic rings. The van der Waals surface area contributed by atoms with Crippen LogP contribution in [0.4, 0.5) is 0 Å². The molecule has 0 saturated heterocycles. The number of fused-ring (bicyclic) bond motifs is 1. The van der Waals surface area contributed by atoms with Crippen LogP contribution in [-0.4, -0.2) is 58.0 Å². The summed E-state index contributed by atoms with van der Waals surface area (Å²) < 4.78 is 1.71. The smallest absolute Gasteiger partial charge is 0.276 e. The Labute approximate surface area is 140 Å². The lowest BCUT2D eigenvalue weighted by atomic mass is 10.1. The van der Waals surface area contributed by atoms with Crippen molar-refractivity contribution < 1.29 is 4.79 Å². The van der Waals surface area contributed by atoms with Crippen LogP contribution >= 0.6 is 0 Å². The minimum atomic E-state index is -0.129. The summed E-state index contributed by atoms with van der Waals surface area (Å²) in [6.45, 7) is 3.20. The zero-order chi connectivity index (χ0) is 17.1. The molecule has 0 aliphatic rings. The molecular weight excluding hydrogens is 304 g/mol. The van der Waals surface area contributed by atoms with Gasteiger partial charge in [0.2, 0.25) is 0 Å². The van der Waals surface area contributed by atoms with E-state index in [1.165, 1.54) is 0 Å². The Morgan fingerprint density at radius 3 is 2.96 bits per heavy atom. The topological polar surface area (TPSA) is 75.9 Å². The predicted molar refractivity (Wildman–Crippen MR) is 92.3 cm³/mol. The Hall–Kier alpha value is -2.80. The molecule has 0 aliphatic carbocycles. The van der Waals surface area contributed by atoms with Crippen LogP contribution in [0.25, 0.3) is 16.5 Å². The van der Waals surface area contributed by atoms with Gasteiger partial charge in [-0.2, -0.15) is 0 Å². The van der Waals surface area contributed by atoms with Gasteiger partial charge in [0.1, 0.15) is 0 Å². The van der Waals surface area contributed by atoms with Crippen molar-refractivity contribution in [2.45, 2.75) is 6.92 Å². The number of amides is 1. The Kier molecular flexibility index (Phi) is 4.52. The van der Waals surface area contributed by atoms with Gasteiger partial charge in [0.15, 0.2) is 5.69 Å². The second kappa shape index (κ2) is 6.76. The van der Waals surface area contributed by atoms with E-state index in [1.807, 2.05) is 44.4 Å². The molecule has 2 aromatic heterocycles. The molecule has 1 N–H and O–H groups in total. The molecule has 0 aliphatic heterocycles. The van der Waals surface area contributed by atoms with Crippen molar-refractivity contribution in [2.75, 3.05) is 27.2 Å². The molecule has 2 heterocycles. The highest BCUT2D eigenvalue weighted by Gasteiger charge is 2.21. The number of carbonyl (C=O) groups excluding carboxylic acids is 1. The second-order valence-corrected chi connectivity index (χ2v) is 5.64. The first-order chi connectivity index (χ1) is 11.6. The van der Waals surface area contributed by atoms with Crippen LogP contribution in [0.3, 0.4) is 0 Å². The van der Waals surface area contributed by atoms with Gasteiger partial charge in [-0.05, 0) is 26.1 Å². The largest absolute Gasteiger partial charge is 0.339 e. The van der Waals surface area contributed by atoms with Gasteiger partial charge < -0.3 is 10.2 Å². The third-order valence-electron chi connectivity index (χ3n) is 4.03. The first-order valence-corrected chi connectivity index (χ1v) is 7.79. The quantitative estimate of drug-likeness (QED) is 0.768. The van der Waals surface area contributed by atoms with E-state index in [0.29, 0.717) is 12.2 Å². The fourth-order valence-electron chi connectivity index (χ4n) is 2.61. The third-order valence-corrected chi connectivity index (χ3v) is 4.03. The Morgan fingerprint density at radius 1 is 1.33 bits per heavy atom. The van der Waals surface area contributed by atoms with Crippen molar-refractivity contribution in [2.24, 2.45) is 0 Å². The van der Waals surface area contributed by atoms with E-state index in [9.17, 15) is 4.79 Å². The summed E-state index contributed by atoms with van der Waals surface area (Å²) in [5.41, 5.74) is 1.98. The molecule has 0 fully saturated rings. The van der Waals surface area contributed by atoms with Gasteiger partial charge in [-0.1, -0.05) is 17.3 Å². The van der Waals surface area contributed by atoms with Gasteiger partial charge in [0.05, 0.1) is 11.4 Å². The molecule has 0 atom stereocenters. The summed E-state index contributed by atoms with van der Waals surface area (Å²) in [6.07, 6.45) is 3.55. The fourth-order valence-corrected chi connectivity index (χ4v) is 2.61. The fraction of sp³-hybridized carbons (Fsp3) is 0.294. The number of pyridine rings is 1. The van der Waals surface area contributed by atoms with Gasteiger partial charge in [-0.3, -0.25) is 9.78 Å². The first-order valence-electron chi connectivity index (χ1n) is 7.79. The normalized spacial score (nSPS) is 11.0. The average Bonchev–Trinajstić information content (AvgIpc) is 2.99. The first kappa shape index (κ1) is 16.1. The molecule has 3 rings (SSSR count). The SMILES string of the molecule is CNCCN(C)C(=O)c1nnn(-c2cccc3cnccc23)c1C. The van der Waals surface area contributed by atoms with Crippen LogP contribution in [0.5, 0.6) is 0 Å². The minimum Gasteiger partial charge on any atom is -0.339 e. The van der Waals surface area contributed by atoms with Crippen molar-refractivity contribution >= 4 is 16.7 Å². The van der Waals surface area contributed by atoms with E-state index in [4.69, 9.17) is 0 Å². The second-order valence-electron chi connectivity index (χ2n) is 5.64. The van der Waals surface area contributed by atoms with Gasteiger partial charge in [0, 0.05) is 43.3 Å². The number of carbonyl (C=O) groups is 1. The molecule has 0 spiro atoms. The summed E-state index contributed by atoms with van der Waals surface area (Å²) in [7, 11) is 3.62. The zero-order valence-corrected chi connectivity index (χ0v) is 14.0. The summed E-state index contributed by atoms with van der Waals surface area (Å²) in [5, 5.41) is 13.4. The molecule has 124 valence electrons. The summed E-state index contributed by atoms with van der Waals surface area (Å²) in [4.78, 5) is 18.3. The monoisotopic (exact) mass is 324 g/mol. The number of rotatable bonds is 5. The molecule has 0 bridgehead atoms. The number of nitrogens with zero attached hydrogens (tertiary/aromatic N) is 5. The van der Waals surface area contributed by atoms with E-state index in [1.54, 1.807) is 22.8 Å². The number of benzene rings is 1. The van der Waals surface area contributed by atoms with Crippen LogP contribution in [0.1, 0.15) is 16.2 Å². The maximum absolute atomic E-state index is 12.6.